The molecular formula is C23H33N5O2. The molecule has 1 aromatic heterocycles. The van der Waals surface area contributed by atoms with Gasteiger partial charge in [-0.2, -0.15) is 0 Å². The lowest BCUT2D eigenvalue weighted by Crippen LogP contribution is -2.55. The van der Waals surface area contributed by atoms with Gasteiger partial charge in [0.15, 0.2) is 0 Å². The molecule has 0 radical (unpaired) electrons. The van der Waals surface area contributed by atoms with Crippen LogP contribution in [0.1, 0.15) is 37.7 Å². The minimum absolute atomic E-state index is 0.0289. The number of fused-ring (bicyclic) bond motifs is 1. The van der Waals surface area contributed by atoms with Gasteiger partial charge in [-0.15, -0.1) is 0 Å². The van der Waals surface area contributed by atoms with E-state index in [2.05, 4.69) is 16.0 Å². The lowest BCUT2D eigenvalue weighted by molar-refractivity contribution is -0.141. The molecule has 0 aliphatic carbocycles. The predicted molar refractivity (Wildman–Crippen MR) is 114 cm³/mol. The zero-order chi connectivity index (χ0) is 20.8. The Morgan fingerprint density at radius 3 is 2.40 bits per heavy atom. The zero-order valence-corrected chi connectivity index (χ0v) is 18.1. The summed E-state index contributed by atoms with van der Waals surface area (Å²) in [7, 11) is 1.95. The van der Waals surface area contributed by atoms with E-state index < -0.39 is 0 Å². The summed E-state index contributed by atoms with van der Waals surface area (Å²) in [6.45, 7) is 6.78. The van der Waals surface area contributed by atoms with E-state index >= 15 is 0 Å². The summed E-state index contributed by atoms with van der Waals surface area (Å²) in [5.74, 6) is 0.315. The number of hydrogen-bond acceptors (Lipinski definition) is 4. The smallest absolute Gasteiger partial charge is 0.319 e. The van der Waals surface area contributed by atoms with Crippen molar-refractivity contribution in [2.45, 2.75) is 38.6 Å². The minimum atomic E-state index is -0.299. The molecule has 0 bridgehead atoms. The average Bonchev–Trinajstić information content (AvgIpc) is 3.46. The van der Waals surface area contributed by atoms with Gasteiger partial charge in [-0.3, -0.25) is 14.7 Å². The van der Waals surface area contributed by atoms with Crippen molar-refractivity contribution in [2.75, 3.05) is 52.9 Å². The van der Waals surface area contributed by atoms with Gasteiger partial charge in [0.25, 0.3) is 0 Å². The molecule has 2 spiro atoms. The van der Waals surface area contributed by atoms with Gasteiger partial charge in [0.05, 0.1) is 5.41 Å². The number of piperidine rings is 1. The van der Waals surface area contributed by atoms with Crippen molar-refractivity contribution in [3.05, 3.63) is 30.1 Å². The summed E-state index contributed by atoms with van der Waals surface area (Å²) < 4.78 is 0. The fourth-order valence-corrected chi connectivity index (χ4v) is 6.49. The normalized spacial score (nSPS) is 29.0. The topological polar surface area (TPSA) is 60.0 Å². The second kappa shape index (κ2) is 7.52. The lowest BCUT2D eigenvalue weighted by atomic mass is 9.60. The highest BCUT2D eigenvalue weighted by Gasteiger charge is 2.64. The molecule has 0 saturated carbocycles. The van der Waals surface area contributed by atoms with Crippen LogP contribution in [0.2, 0.25) is 0 Å². The first-order valence-electron chi connectivity index (χ1n) is 11.4. The van der Waals surface area contributed by atoms with Crippen LogP contribution in [0.3, 0.4) is 0 Å². The van der Waals surface area contributed by atoms with Crippen molar-refractivity contribution in [1.82, 2.24) is 24.6 Å². The quantitative estimate of drug-likeness (QED) is 0.747. The highest BCUT2D eigenvalue weighted by Crippen LogP contribution is 2.57. The zero-order valence-electron chi connectivity index (χ0n) is 18.1. The first-order chi connectivity index (χ1) is 14.5. The van der Waals surface area contributed by atoms with Crippen LogP contribution in [0.15, 0.2) is 24.5 Å². The second-order valence-electron chi connectivity index (χ2n) is 9.81. The van der Waals surface area contributed by atoms with Crippen LogP contribution in [0.4, 0.5) is 4.79 Å². The van der Waals surface area contributed by atoms with Gasteiger partial charge in [-0.1, -0.05) is 6.07 Å². The summed E-state index contributed by atoms with van der Waals surface area (Å²) in [6.07, 6.45) is 8.77. The molecule has 7 nitrogen and oxygen atoms in total. The van der Waals surface area contributed by atoms with E-state index in [1.807, 2.05) is 34.0 Å². The van der Waals surface area contributed by atoms with Crippen LogP contribution < -0.4 is 0 Å². The van der Waals surface area contributed by atoms with Gasteiger partial charge in [-0.25, -0.2) is 4.79 Å². The maximum absolute atomic E-state index is 13.4. The molecule has 0 aromatic carbocycles. The SMILES string of the molecule is CN1CC[C@@]2(CN(Cc3cccnc3)CC23CCN(C(=O)N2CCCC2)CC3)C1=O. The molecule has 0 unspecified atom stereocenters. The van der Waals surface area contributed by atoms with Gasteiger partial charge < -0.3 is 14.7 Å². The molecule has 4 aliphatic rings. The minimum Gasteiger partial charge on any atom is -0.345 e. The molecule has 4 fully saturated rings. The van der Waals surface area contributed by atoms with Crippen LogP contribution in [0.5, 0.6) is 0 Å². The molecule has 4 aliphatic heterocycles. The third-order valence-corrected chi connectivity index (χ3v) is 8.16. The van der Waals surface area contributed by atoms with Crippen molar-refractivity contribution in [3.63, 3.8) is 0 Å². The van der Waals surface area contributed by atoms with Crippen molar-refractivity contribution in [1.29, 1.82) is 0 Å². The summed E-state index contributed by atoms with van der Waals surface area (Å²) in [5.41, 5.74) is 0.871. The summed E-state index contributed by atoms with van der Waals surface area (Å²) in [6, 6.07) is 4.30. The fourth-order valence-electron chi connectivity index (χ4n) is 6.49. The van der Waals surface area contributed by atoms with Gasteiger partial charge >= 0.3 is 6.03 Å². The van der Waals surface area contributed by atoms with E-state index in [1.54, 1.807) is 6.20 Å². The highest BCUT2D eigenvalue weighted by molar-refractivity contribution is 5.86. The first kappa shape index (κ1) is 19.8. The van der Waals surface area contributed by atoms with Gasteiger partial charge in [0.1, 0.15) is 0 Å². The van der Waals surface area contributed by atoms with Crippen LogP contribution in [0, 0.1) is 10.8 Å². The Bertz CT molecular complexity index is 801. The molecule has 1 aromatic rings. The summed E-state index contributed by atoms with van der Waals surface area (Å²) in [4.78, 5) is 39.0. The van der Waals surface area contributed by atoms with E-state index in [-0.39, 0.29) is 16.9 Å². The number of aromatic nitrogens is 1. The van der Waals surface area contributed by atoms with Crippen molar-refractivity contribution in [2.24, 2.45) is 10.8 Å². The first-order valence-corrected chi connectivity index (χ1v) is 11.4. The summed E-state index contributed by atoms with van der Waals surface area (Å²) in [5, 5.41) is 0. The Morgan fingerprint density at radius 2 is 1.77 bits per heavy atom. The molecule has 162 valence electrons. The molecule has 7 heteroatoms. The largest absolute Gasteiger partial charge is 0.345 e. The number of rotatable bonds is 2. The van der Waals surface area contributed by atoms with E-state index in [1.165, 1.54) is 5.56 Å². The Balaban J connectivity index is 1.35. The second-order valence-corrected chi connectivity index (χ2v) is 9.81. The Labute approximate surface area is 179 Å². The van der Waals surface area contributed by atoms with Crippen LogP contribution in [-0.2, 0) is 11.3 Å². The van der Waals surface area contributed by atoms with Gasteiger partial charge in [0.2, 0.25) is 5.91 Å². The van der Waals surface area contributed by atoms with Crippen LogP contribution in [-0.4, -0.2) is 89.4 Å². The Kier molecular flexibility index (Phi) is 4.96. The highest BCUT2D eigenvalue weighted by atomic mass is 16.2. The molecule has 4 saturated heterocycles. The molecule has 1 atom stereocenters. The number of hydrogen-bond donors (Lipinski definition) is 0. The van der Waals surface area contributed by atoms with Crippen molar-refractivity contribution >= 4 is 11.9 Å². The third-order valence-electron chi connectivity index (χ3n) is 8.16. The number of nitrogens with zero attached hydrogens (tertiary/aromatic N) is 5. The van der Waals surface area contributed by atoms with E-state index in [4.69, 9.17) is 0 Å². The number of carbonyl (C=O) groups excluding carboxylic acids is 2. The number of urea groups is 1. The van der Waals surface area contributed by atoms with Gasteiger partial charge in [-0.05, 0) is 43.7 Å². The molecule has 5 rings (SSSR count). The Hall–Kier alpha value is -2.15. The number of pyridine rings is 1. The number of likely N-dealkylation sites (tertiary alicyclic amines) is 4. The lowest BCUT2D eigenvalue weighted by Gasteiger charge is -2.47. The average molecular weight is 412 g/mol. The molecule has 0 N–H and O–H groups in total. The maximum Gasteiger partial charge on any atom is 0.319 e. The molecule has 5 heterocycles. The predicted octanol–water partition coefficient (Wildman–Crippen LogP) is 2.04. The monoisotopic (exact) mass is 411 g/mol. The molecular weight excluding hydrogens is 378 g/mol. The van der Waals surface area contributed by atoms with E-state index in [9.17, 15) is 9.59 Å². The van der Waals surface area contributed by atoms with Crippen molar-refractivity contribution < 1.29 is 9.59 Å². The standard InChI is InChI=1S/C23H33N5O2/c1-25-12-8-23(20(25)29)18-26(16-19-5-4-9-24-15-19)17-22(23)6-13-28(14-7-22)21(30)27-10-2-3-11-27/h4-5,9,15H,2-3,6-8,10-14,16-18H2,1H3/t23-/m1/s1. The van der Waals surface area contributed by atoms with Crippen molar-refractivity contribution in [3.8, 4) is 0 Å². The maximum atomic E-state index is 13.4. The third kappa shape index (κ3) is 3.09. The molecule has 3 amide bonds. The van der Waals surface area contributed by atoms with Gasteiger partial charge in [0, 0.05) is 77.2 Å². The van der Waals surface area contributed by atoms with E-state index in [0.717, 1.165) is 84.5 Å². The fraction of sp³-hybridized carbons (Fsp3) is 0.696. The Morgan fingerprint density at radius 1 is 1.03 bits per heavy atom. The number of amides is 3. The van der Waals surface area contributed by atoms with Crippen LogP contribution >= 0.6 is 0 Å². The summed E-state index contributed by atoms with van der Waals surface area (Å²) >= 11 is 0. The number of carbonyl (C=O) groups is 2. The van der Waals surface area contributed by atoms with E-state index in [0.29, 0.717) is 5.91 Å². The molecule has 30 heavy (non-hydrogen) atoms. The van der Waals surface area contributed by atoms with Crippen LogP contribution in [0.25, 0.3) is 0 Å².